The van der Waals surface area contributed by atoms with E-state index in [1.807, 2.05) is 6.92 Å². The number of hydrogen-bond acceptors (Lipinski definition) is 3. The Bertz CT molecular complexity index is 446. The summed E-state index contributed by atoms with van der Waals surface area (Å²) >= 11 is 0. The van der Waals surface area contributed by atoms with Crippen LogP contribution in [0.25, 0.3) is 0 Å². The minimum absolute atomic E-state index is 0.186. The van der Waals surface area contributed by atoms with Crippen LogP contribution in [0.1, 0.15) is 35.7 Å². The van der Waals surface area contributed by atoms with Gasteiger partial charge in [-0.25, -0.2) is 4.79 Å². The second-order valence-corrected chi connectivity index (χ2v) is 4.40. The summed E-state index contributed by atoms with van der Waals surface area (Å²) in [6.07, 6.45) is 1.99. The Balaban J connectivity index is 2.50. The van der Waals surface area contributed by atoms with E-state index in [0.29, 0.717) is 24.9 Å². The topological polar surface area (TPSA) is 92.4 Å². The highest BCUT2D eigenvalue weighted by Crippen LogP contribution is 2.09. The molecule has 0 aliphatic rings. The molecule has 104 valence electrons. The third-order valence-electron chi connectivity index (χ3n) is 2.88. The van der Waals surface area contributed by atoms with Crippen LogP contribution in [0.5, 0.6) is 0 Å². The van der Waals surface area contributed by atoms with E-state index in [1.165, 1.54) is 0 Å². The quantitative estimate of drug-likeness (QED) is 0.689. The number of nitrogens with two attached hydrogens (primary N) is 1. The molecule has 0 heterocycles. The summed E-state index contributed by atoms with van der Waals surface area (Å²) in [4.78, 5) is 22.6. The Hall–Kier alpha value is -1.88. The van der Waals surface area contributed by atoms with Crippen LogP contribution in [0.3, 0.4) is 0 Å². The van der Waals surface area contributed by atoms with Crippen LogP contribution in [-0.4, -0.2) is 29.6 Å². The number of carbonyl (C=O) groups is 2. The minimum Gasteiger partial charge on any atom is -0.478 e. The van der Waals surface area contributed by atoms with E-state index < -0.39 is 12.0 Å². The maximum atomic E-state index is 11.6. The van der Waals surface area contributed by atoms with Gasteiger partial charge in [0.25, 0.3) is 0 Å². The first-order valence-corrected chi connectivity index (χ1v) is 6.40. The molecule has 1 rings (SSSR count). The van der Waals surface area contributed by atoms with E-state index in [0.717, 1.165) is 6.42 Å². The van der Waals surface area contributed by atoms with Crippen molar-refractivity contribution in [2.45, 2.75) is 32.2 Å². The van der Waals surface area contributed by atoms with Crippen molar-refractivity contribution in [2.24, 2.45) is 5.73 Å². The van der Waals surface area contributed by atoms with Gasteiger partial charge in [-0.05, 0) is 24.5 Å². The molecule has 1 amide bonds. The minimum atomic E-state index is -0.954. The molecule has 0 aromatic heterocycles. The molecule has 0 aliphatic heterocycles. The number of aromatic carboxylic acids is 1. The lowest BCUT2D eigenvalue weighted by Crippen LogP contribution is -2.41. The number of carboxylic acid groups (broad SMARTS) is 1. The number of carbonyl (C=O) groups excluding carboxylic acids is 1. The van der Waals surface area contributed by atoms with E-state index >= 15 is 0 Å². The number of benzene rings is 1. The van der Waals surface area contributed by atoms with Gasteiger partial charge in [-0.15, -0.1) is 0 Å². The third kappa shape index (κ3) is 4.71. The lowest BCUT2D eigenvalue weighted by atomic mass is 10.0. The van der Waals surface area contributed by atoms with Crippen molar-refractivity contribution in [2.75, 3.05) is 6.54 Å². The van der Waals surface area contributed by atoms with Gasteiger partial charge in [-0.2, -0.15) is 0 Å². The molecular formula is C14H20N2O3. The zero-order valence-electron chi connectivity index (χ0n) is 11.1. The Morgan fingerprint density at radius 2 is 2.05 bits per heavy atom. The lowest BCUT2D eigenvalue weighted by molar-refractivity contribution is -0.122. The van der Waals surface area contributed by atoms with Crippen molar-refractivity contribution >= 4 is 11.9 Å². The SMILES string of the molecule is CCC[C@H](N)C(=O)NCCc1ccccc1C(=O)O. The molecule has 0 bridgehead atoms. The number of nitrogens with one attached hydrogen (secondary N) is 1. The zero-order chi connectivity index (χ0) is 14.3. The molecule has 1 atom stereocenters. The van der Waals surface area contributed by atoms with E-state index in [9.17, 15) is 9.59 Å². The van der Waals surface area contributed by atoms with Crippen LogP contribution in [0.2, 0.25) is 0 Å². The Morgan fingerprint density at radius 1 is 1.37 bits per heavy atom. The molecule has 1 aromatic rings. The van der Waals surface area contributed by atoms with Crippen molar-refractivity contribution in [1.29, 1.82) is 0 Å². The van der Waals surface area contributed by atoms with E-state index in [2.05, 4.69) is 5.32 Å². The van der Waals surface area contributed by atoms with Crippen molar-refractivity contribution < 1.29 is 14.7 Å². The van der Waals surface area contributed by atoms with Gasteiger partial charge in [0, 0.05) is 6.54 Å². The van der Waals surface area contributed by atoms with Gasteiger partial charge >= 0.3 is 5.97 Å². The van der Waals surface area contributed by atoms with Gasteiger partial charge in [-0.1, -0.05) is 31.5 Å². The van der Waals surface area contributed by atoms with Gasteiger partial charge in [0.1, 0.15) is 0 Å². The maximum absolute atomic E-state index is 11.6. The molecule has 0 saturated heterocycles. The fourth-order valence-corrected chi connectivity index (χ4v) is 1.84. The second-order valence-electron chi connectivity index (χ2n) is 4.40. The van der Waals surface area contributed by atoms with Crippen LogP contribution in [0.15, 0.2) is 24.3 Å². The normalized spacial score (nSPS) is 11.9. The molecule has 5 heteroatoms. The number of carboxylic acids is 1. The molecule has 0 unspecified atom stereocenters. The molecule has 0 aliphatic carbocycles. The third-order valence-corrected chi connectivity index (χ3v) is 2.88. The summed E-state index contributed by atoms with van der Waals surface area (Å²) < 4.78 is 0. The van der Waals surface area contributed by atoms with Gasteiger partial charge in [0.15, 0.2) is 0 Å². The molecule has 0 radical (unpaired) electrons. The average Bonchev–Trinajstić information content (AvgIpc) is 2.39. The highest BCUT2D eigenvalue weighted by Gasteiger charge is 2.12. The number of rotatable bonds is 7. The van der Waals surface area contributed by atoms with E-state index in [4.69, 9.17) is 10.8 Å². The predicted octanol–water partition coefficient (Wildman–Crippen LogP) is 1.17. The van der Waals surface area contributed by atoms with Crippen molar-refractivity contribution in [3.8, 4) is 0 Å². The molecule has 19 heavy (non-hydrogen) atoms. The summed E-state index contributed by atoms with van der Waals surface area (Å²) in [6, 6.07) is 6.29. The van der Waals surface area contributed by atoms with Crippen LogP contribution in [-0.2, 0) is 11.2 Å². The average molecular weight is 264 g/mol. The lowest BCUT2D eigenvalue weighted by Gasteiger charge is -2.11. The fourth-order valence-electron chi connectivity index (χ4n) is 1.84. The number of amides is 1. The standard InChI is InChI=1S/C14H20N2O3/c1-2-5-12(15)13(17)16-9-8-10-6-3-4-7-11(10)14(18)19/h3-4,6-7,12H,2,5,8-9,15H2,1H3,(H,16,17)(H,18,19)/t12-/m0/s1. The molecule has 0 spiro atoms. The van der Waals surface area contributed by atoms with Gasteiger partial charge < -0.3 is 16.2 Å². The van der Waals surface area contributed by atoms with Gasteiger partial charge in [-0.3, -0.25) is 4.79 Å². The van der Waals surface area contributed by atoms with Crippen molar-refractivity contribution in [3.05, 3.63) is 35.4 Å². The zero-order valence-corrected chi connectivity index (χ0v) is 11.1. The van der Waals surface area contributed by atoms with Crippen molar-refractivity contribution in [1.82, 2.24) is 5.32 Å². The highest BCUT2D eigenvalue weighted by molar-refractivity contribution is 5.89. The fraction of sp³-hybridized carbons (Fsp3) is 0.429. The monoisotopic (exact) mass is 264 g/mol. The Kier molecular flexibility index (Phi) is 6.02. The van der Waals surface area contributed by atoms with Crippen LogP contribution in [0, 0.1) is 0 Å². The van der Waals surface area contributed by atoms with Crippen LogP contribution >= 0.6 is 0 Å². The molecule has 1 aromatic carbocycles. The molecular weight excluding hydrogens is 244 g/mol. The van der Waals surface area contributed by atoms with E-state index in [-0.39, 0.29) is 11.5 Å². The summed E-state index contributed by atoms with van der Waals surface area (Å²) in [5.41, 5.74) is 6.66. The van der Waals surface area contributed by atoms with Crippen molar-refractivity contribution in [3.63, 3.8) is 0 Å². The van der Waals surface area contributed by atoms with Gasteiger partial charge in [0.2, 0.25) is 5.91 Å². The largest absolute Gasteiger partial charge is 0.478 e. The van der Waals surface area contributed by atoms with Crippen LogP contribution < -0.4 is 11.1 Å². The van der Waals surface area contributed by atoms with E-state index in [1.54, 1.807) is 24.3 Å². The Morgan fingerprint density at radius 3 is 2.68 bits per heavy atom. The second kappa shape index (κ2) is 7.53. The Labute approximate surface area is 112 Å². The molecule has 0 saturated carbocycles. The maximum Gasteiger partial charge on any atom is 0.335 e. The first-order chi connectivity index (χ1) is 9.06. The summed E-state index contributed by atoms with van der Waals surface area (Å²) in [5.74, 6) is -1.14. The smallest absolute Gasteiger partial charge is 0.335 e. The summed E-state index contributed by atoms with van der Waals surface area (Å²) in [5, 5.41) is 11.8. The highest BCUT2D eigenvalue weighted by atomic mass is 16.4. The molecule has 0 fully saturated rings. The van der Waals surface area contributed by atoms with Gasteiger partial charge in [0.05, 0.1) is 11.6 Å². The molecule has 5 nitrogen and oxygen atoms in total. The summed E-state index contributed by atoms with van der Waals surface area (Å²) in [6.45, 7) is 2.36. The number of hydrogen-bond donors (Lipinski definition) is 3. The first-order valence-electron chi connectivity index (χ1n) is 6.40. The summed E-state index contributed by atoms with van der Waals surface area (Å²) in [7, 11) is 0. The van der Waals surface area contributed by atoms with Crippen LogP contribution in [0.4, 0.5) is 0 Å². The first kappa shape index (κ1) is 15.2. The predicted molar refractivity (Wildman–Crippen MR) is 73.0 cm³/mol. The molecule has 4 N–H and O–H groups in total.